The molecule has 0 saturated heterocycles. The van der Waals surface area contributed by atoms with Crippen molar-refractivity contribution in [3.05, 3.63) is 11.4 Å². The van der Waals surface area contributed by atoms with E-state index in [0.717, 1.165) is 17.1 Å². The molecule has 1 amide bonds. The number of aryl methyl sites for hydroxylation is 1. The smallest absolute Gasteiger partial charge is 0.229 e. The first-order valence-electron chi connectivity index (χ1n) is 6.86. The van der Waals surface area contributed by atoms with Crippen LogP contribution in [0.4, 0.5) is 5.69 Å². The van der Waals surface area contributed by atoms with E-state index in [9.17, 15) is 4.79 Å². The summed E-state index contributed by atoms with van der Waals surface area (Å²) in [5, 5.41) is 7.45. The fourth-order valence-corrected chi connectivity index (χ4v) is 2.24. The molecule has 5 heteroatoms. The second-order valence-electron chi connectivity index (χ2n) is 5.66. The number of rotatable bonds is 5. The van der Waals surface area contributed by atoms with E-state index >= 15 is 0 Å². The maximum Gasteiger partial charge on any atom is 0.229 e. The van der Waals surface area contributed by atoms with Gasteiger partial charge in [0.15, 0.2) is 0 Å². The third kappa shape index (κ3) is 3.35. The number of anilines is 1. The molecule has 0 aliphatic carbocycles. The molecule has 0 spiro atoms. The van der Waals surface area contributed by atoms with Crippen molar-refractivity contribution in [3.8, 4) is 0 Å². The molecule has 0 aromatic carbocycles. The topological polar surface area (TPSA) is 72.9 Å². The number of hydrogen-bond donors (Lipinski definition) is 2. The third-order valence-electron chi connectivity index (χ3n) is 3.46. The Kier molecular flexibility index (Phi) is 5.11. The van der Waals surface area contributed by atoms with Gasteiger partial charge in [0.1, 0.15) is 0 Å². The fraction of sp³-hybridized carbons (Fsp3) is 0.714. The molecule has 5 nitrogen and oxygen atoms in total. The Balaban J connectivity index is 2.97. The zero-order valence-corrected chi connectivity index (χ0v) is 12.8. The minimum Gasteiger partial charge on any atom is -0.330 e. The number of nitrogens with two attached hydrogens (primary N) is 1. The van der Waals surface area contributed by atoms with Crippen LogP contribution in [-0.2, 0) is 4.79 Å². The Labute approximate surface area is 115 Å². The predicted molar refractivity (Wildman–Crippen MR) is 78.1 cm³/mol. The van der Waals surface area contributed by atoms with Gasteiger partial charge in [-0.05, 0) is 33.6 Å². The van der Waals surface area contributed by atoms with Gasteiger partial charge in [-0.15, -0.1) is 0 Å². The normalized spacial score (nSPS) is 13.1. The molecule has 1 aromatic rings. The van der Waals surface area contributed by atoms with Crippen LogP contribution in [0.3, 0.4) is 0 Å². The second kappa shape index (κ2) is 6.19. The lowest BCUT2D eigenvalue weighted by Crippen LogP contribution is -2.33. The summed E-state index contributed by atoms with van der Waals surface area (Å²) >= 11 is 0. The van der Waals surface area contributed by atoms with Crippen LogP contribution < -0.4 is 11.1 Å². The molecular weight excluding hydrogens is 240 g/mol. The van der Waals surface area contributed by atoms with E-state index in [-0.39, 0.29) is 23.8 Å². The number of carbonyl (C=O) groups excluding carboxylic acids is 1. The van der Waals surface area contributed by atoms with Gasteiger partial charge < -0.3 is 11.1 Å². The minimum absolute atomic E-state index is 0.0213. The predicted octanol–water partition coefficient (Wildman–Crippen LogP) is 2.25. The average Bonchev–Trinajstić information content (AvgIpc) is 2.57. The minimum atomic E-state index is -0.166. The first-order chi connectivity index (χ1) is 8.79. The molecule has 19 heavy (non-hydrogen) atoms. The van der Waals surface area contributed by atoms with Gasteiger partial charge in [-0.2, -0.15) is 5.10 Å². The van der Waals surface area contributed by atoms with Gasteiger partial charge >= 0.3 is 0 Å². The van der Waals surface area contributed by atoms with Gasteiger partial charge in [0, 0.05) is 12.6 Å². The van der Waals surface area contributed by atoms with Crippen molar-refractivity contribution in [1.82, 2.24) is 9.78 Å². The molecule has 1 heterocycles. The molecule has 0 aliphatic heterocycles. The van der Waals surface area contributed by atoms with Crippen LogP contribution in [0.5, 0.6) is 0 Å². The summed E-state index contributed by atoms with van der Waals surface area (Å²) in [5.41, 5.74) is 8.33. The van der Waals surface area contributed by atoms with Crippen molar-refractivity contribution in [3.63, 3.8) is 0 Å². The van der Waals surface area contributed by atoms with Gasteiger partial charge in [0.05, 0.1) is 23.0 Å². The summed E-state index contributed by atoms with van der Waals surface area (Å²) < 4.78 is 1.93. The van der Waals surface area contributed by atoms with E-state index in [1.807, 2.05) is 32.4 Å². The van der Waals surface area contributed by atoms with Crippen molar-refractivity contribution in [2.45, 2.75) is 47.6 Å². The van der Waals surface area contributed by atoms with Crippen molar-refractivity contribution in [1.29, 1.82) is 0 Å². The highest BCUT2D eigenvalue weighted by atomic mass is 16.1. The molecular formula is C14H26N4O. The lowest BCUT2D eigenvalue weighted by molar-refractivity contribution is -0.120. The molecule has 0 fully saturated rings. The summed E-state index contributed by atoms with van der Waals surface area (Å²) in [6.45, 7) is 12.4. The number of amides is 1. The lowest BCUT2D eigenvalue weighted by Gasteiger charge is -2.18. The third-order valence-corrected chi connectivity index (χ3v) is 3.46. The van der Waals surface area contributed by atoms with Crippen LogP contribution in [0, 0.1) is 25.7 Å². The van der Waals surface area contributed by atoms with Crippen molar-refractivity contribution < 1.29 is 4.79 Å². The summed E-state index contributed by atoms with van der Waals surface area (Å²) in [6.07, 6.45) is 0. The Bertz CT molecular complexity index is 449. The van der Waals surface area contributed by atoms with Gasteiger partial charge in [-0.3, -0.25) is 9.48 Å². The number of carbonyl (C=O) groups is 1. The largest absolute Gasteiger partial charge is 0.330 e. The Morgan fingerprint density at radius 2 is 1.89 bits per heavy atom. The second-order valence-corrected chi connectivity index (χ2v) is 5.66. The maximum absolute atomic E-state index is 12.2. The van der Waals surface area contributed by atoms with Crippen LogP contribution >= 0.6 is 0 Å². The highest BCUT2D eigenvalue weighted by molar-refractivity contribution is 5.93. The molecule has 1 rings (SSSR count). The van der Waals surface area contributed by atoms with Crippen LogP contribution in [0.15, 0.2) is 0 Å². The van der Waals surface area contributed by atoms with E-state index in [1.54, 1.807) is 0 Å². The summed E-state index contributed by atoms with van der Waals surface area (Å²) in [7, 11) is 0. The molecule has 0 saturated carbocycles. The Morgan fingerprint density at radius 1 is 1.32 bits per heavy atom. The Hall–Kier alpha value is -1.36. The molecule has 1 atom stereocenters. The number of hydrogen-bond acceptors (Lipinski definition) is 3. The monoisotopic (exact) mass is 266 g/mol. The lowest BCUT2D eigenvalue weighted by atomic mass is 9.95. The fourth-order valence-electron chi connectivity index (χ4n) is 2.24. The van der Waals surface area contributed by atoms with E-state index in [4.69, 9.17) is 5.73 Å². The van der Waals surface area contributed by atoms with E-state index in [1.165, 1.54) is 0 Å². The maximum atomic E-state index is 12.2. The van der Waals surface area contributed by atoms with Crippen molar-refractivity contribution in [2.75, 3.05) is 11.9 Å². The van der Waals surface area contributed by atoms with Crippen LogP contribution in [0.1, 0.15) is 45.1 Å². The first-order valence-corrected chi connectivity index (χ1v) is 6.86. The van der Waals surface area contributed by atoms with Gasteiger partial charge in [-0.25, -0.2) is 0 Å². The van der Waals surface area contributed by atoms with Gasteiger partial charge in [0.25, 0.3) is 0 Å². The molecule has 108 valence electrons. The highest BCUT2D eigenvalue weighted by Crippen LogP contribution is 2.23. The van der Waals surface area contributed by atoms with E-state index in [2.05, 4.69) is 24.3 Å². The van der Waals surface area contributed by atoms with Gasteiger partial charge in [0.2, 0.25) is 5.91 Å². The van der Waals surface area contributed by atoms with Crippen LogP contribution in [-0.4, -0.2) is 22.2 Å². The first kappa shape index (κ1) is 15.7. The zero-order chi connectivity index (χ0) is 14.7. The molecule has 0 radical (unpaired) electrons. The number of aromatic nitrogens is 2. The number of nitrogens with zero attached hydrogens (tertiary/aromatic N) is 2. The standard InChI is InChI=1S/C14H26N4O/c1-8(2)12(7-15)14(19)16-13-10(5)17-18(9(3)4)11(13)6/h8-9,12H,7,15H2,1-6H3,(H,16,19). The highest BCUT2D eigenvalue weighted by Gasteiger charge is 2.23. The number of nitrogens with one attached hydrogen (secondary N) is 1. The van der Waals surface area contributed by atoms with Gasteiger partial charge in [-0.1, -0.05) is 13.8 Å². The van der Waals surface area contributed by atoms with E-state index < -0.39 is 0 Å². The SMILES string of the molecule is Cc1nn(C(C)C)c(C)c1NC(=O)C(CN)C(C)C. The summed E-state index contributed by atoms with van der Waals surface area (Å²) in [6, 6.07) is 0.278. The van der Waals surface area contributed by atoms with Crippen molar-refractivity contribution in [2.24, 2.45) is 17.6 Å². The summed E-state index contributed by atoms with van der Waals surface area (Å²) in [4.78, 5) is 12.2. The molecule has 1 aromatic heterocycles. The molecule has 0 bridgehead atoms. The quantitative estimate of drug-likeness (QED) is 0.858. The molecule has 1 unspecified atom stereocenters. The zero-order valence-electron chi connectivity index (χ0n) is 12.8. The van der Waals surface area contributed by atoms with E-state index in [0.29, 0.717) is 6.54 Å². The molecule has 3 N–H and O–H groups in total. The van der Waals surface area contributed by atoms with Crippen LogP contribution in [0.2, 0.25) is 0 Å². The summed E-state index contributed by atoms with van der Waals surface area (Å²) in [5.74, 6) is 0.0407. The Morgan fingerprint density at radius 3 is 2.26 bits per heavy atom. The van der Waals surface area contributed by atoms with Crippen LogP contribution in [0.25, 0.3) is 0 Å². The molecule has 0 aliphatic rings. The van der Waals surface area contributed by atoms with Crippen molar-refractivity contribution >= 4 is 11.6 Å². The average molecular weight is 266 g/mol.